The molecule has 20 heavy (non-hydrogen) atoms. The summed E-state index contributed by atoms with van der Waals surface area (Å²) in [5.74, 6) is -1.15. The maximum absolute atomic E-state index is 13.8. The summed E-state index contributed by atoms with van der Waals surface area (Å²) in [6.45, 7) is 6.55. The molecule has 0 radical (unpaired) electrons. The smallest absolute Gasteiger partial charge is 0.150 e. The first-order valence-corrected chi connectivity index (χ1v) is 7.31. The Kier molecular flexibility index (Phi) is 4.77. The average molecular weight is 297 g/mol. The highest BCUT2D eigenvalue weighted by Crippen LogP contribution is 2.28. The van der Waals surface area contributed by atoms with Crippen LogP contribution < -0.4 is 5.32 Å². The fraction of sp³-hybridized carbons (Fsp3) is 0.429. The van der Waals surface area contributed by atoms with E-state index in [2.05, 4.69) is 29.4 Å². The van der Waals surface area contributed by atoms with E-state index in [0.29, 0.717) is 22.2 Å². The number of aryl methyl sites for hydroxylation is 1. The fourth-order valence-electron chi connectivity index (χ4n) is 1.75. The molecule has 0 unspecified atom stereocenters. The molecule has 0 bridgehead atoms. The third-order valence-electron chi connectivity index (χ3n) is 2.84. The predicted molar refractivity (Wildman–Crippen MR) is 76.8 cm³/mol. The first-order chi connectivity index (χ1) is 9.47. The highest BCUT2D eigenvalue weighted by Gasteiger charge is 2.13. The van der Waals surface area contributed by atoms with Crippen LogP contribution >= 0.6 is 11.3 Å². The van der Waals surface area contributed by atoms with E-state index in [9.17, 15) is 8.78 Å². The fourth-order valence-corrected chi connectivity index (χ4v) is 2.61. The molecule has 0 saturated carbocycles. The molecule has 3 nitrogen and oxygen atoms in total. The SMILES string of the molecule is Cc1cc(-c2nnc(CCNC(C)C)s2)c(F)cc1F. The highest BCUT2D eigenvalue weighted by molar-refractivity contribution is 7.14. The molecule has 2 rings (SSSR count). The minimum absolute atomic E-state index is 0.310. The van der Waals surface area contributed by atoms with Gasteiger partial charge >= 0.3 is 0 Å². The number of hydrogen-bond donors (Lipinski definition) is 1. The van der Waals surface area contributed by atoms with Crippen molar-refractivity contribution in [2.45, 2.75) is 33.2 Å². The van der Waals surface area contributed by atoms with E-state index in [0.717, 1.165) is 24.0 Å². The van der Waals surface area contributed by atoms with Crippen molar-refractivity contribution in [2.24, 2.45) is 0 Å². The van der Waals surface area contributed by atoms with Crippen LogP contribution in [-0.2, 0) is 6.42 Å². The van der Waals surface area contributed by atoms with Crippen LogP contribution in [0.25, 0.3) is 10.6 Å². The molecule has 1 aromatic heterocycles. The highest BCUT2D eigenvalue weighted by atomic mass is 32.1. The van der Waals surface area contributed by atoms with Gasteiger partial charge in [0, 0.05) is 30.6 Å². The van der Waals surface area contributed by atoms with Crippen molar-refractivity contribution in [1.29, 1.82) is 0 Å². The number of nitrogens with one attached hydrogen (secondary N) is 1. The molecular weight excluding hydrogens is 280 g/mol. The van der Waals surface area contributed by atoms with E-state index < -0.39 is 11.6 Å². The van der Waals surface area contributed by atoms with Crippen LogP contribution in [0.1, 0.15) is 24.4 Å². The Balaban J connectivity index is 2.14. The topological polar surface area (TPSA) is 37.8 Å². The average Bonchev–Trinajstić information content (AvgIpc) is 2.82. The first-order valence-electron chi connectivity index (χ1n) is 6.49. The molecule has 1 N–H and O–H groups in total. The number of aromatic nitrogens is 2. The number of rotatable bonds is 5. The van der Waals surface area contributed by atoms with E-state index in [1.165, 1.54) is 17.4 Å². The van der Waals surface area contributed by atoms with Gasteiger partial charge in [0.25, 0.3) is 0 Å². The van der Waals surface area contributed by atoms with Gasteiger partial charge in [-0.15, -0.1) is 10.2 Å². The van der Waals surface area contributed by atoms with Gasteiger partial charge in [0.2, 0.25) is 0 Å². The van der Waals surface area contributed by atoms with Crippen molar-refractivity contribution in [3.63, 3.8) is 0 Å². The lowest BCUT2D eigenvalue weighted by Crippen LogP contribution is -2.24. The van der Waals surface area contributed by atoms with Gasteiger partial charge in [-0.2, -0.15) is 0 Å². The molecule has 0 saturated heterocycles. The summed E-state index contributed by atoms with van der Waals surface area (Å²) in [5, 5.41) is 12.7. The first kappa shape index (κ1) is 15.0. The summed E-state index contributed by atoms with van der Waals surface area (Å²) < 4.78 is 27.0. The van der Waals surface area contributed by atoms with Crippen LogP contribution in [0, 0.1) is 18.6 Å². The molecular formula is C14H17F2N3S. The molecule has 1 aromatic carbocycles. The summed E-state index contributed by atoms with van der Waals surface area (Å²) >= 11 is 1.34. The van der Waals surface area contributed by atoms with Crippen molar-refractivity contribution >= 4 is 11.3 Å². The van der Waals surface area contributed by atoms with Crippen LogP contribution in [0.5, 0.6) is 0 Å². The molecule has 0 fully saturated rings. The van der Waals surface area contributed by atoms with Crippen molar-refractivity contribution in [3.8, 4) is 10.6 Å². The largest absolute Gasteiger partial charge is 0.314 e. The lowest BCUT2D eigenvalue weighted by molar-refractivity contribution is 0.579. The van der Waals surface area contributed by atoms with Crippen LogP contribution in [0.3, 0.4) is 0 Å². The van der Waals surface area contributed by atoms with Crippen molar-refractivity contribution < 1.29 is 8.78 Å². The normalized spacial score (nSPS) is 11.3. The Bertz CT molecular complexity index is 596. The number of hydrogen-bond acceptors (Lipinski definition) is 4. The maximum atomic E-state index is 13.8. The van der Waals surface area contributed by atoms with Crippen molar-refractivity contribution in [1.82, 2.24) is 15.5 Å². The summed E-state index contributed by atoms with van der Waals surface area (Å²) in [7, 11) is 0. The Hall–Kier alpha value is -1.40. The van der Waals surface area contributed by atoms with Gasteiger partial charge in [-0.3, -0.25) is 0 Å². The zero-order valence-corrected chi connectivity index (χ0v) is 12.5. The standard InChI is InChI=1S/C14H17F2N3S/c1-8(2)17-5-4-13-18-19-14(20-13)10-6-9(3)11(15)7-12(10)16/h6-8,17H,4-5H2,1-3H3. The lowest BCUT2D eigenvalue weighted by atomic mass is 10.1. The Morgan fingerprint density at radius 1 is 1.20 bits per heavy atom. The van der Waals surface area contributed by atoms with Gasteiger partial charge in [0.1, 0.15) is 16.6 Å². The van der Waals surface area contributed by atoms with E-state index in [1.54, 1.807) is 6.92 Å². The molecule has 0 aliphatic carbocycles. The number of nitrogens with zero attached hydrogens (tertiary/aromatic N) is 2. The summed E-state index contributed by atoms with van der Waals surface area (Å²) in [6, 6.07) is 2.78. The minimum atomic E-state index is -0.601. The predicted octanol–water partition coefficient (Wildman–Crippen LogP) is 3.33. The molecule has 6 heteroatoms. The van der Waals surface area contributed by atoms with Gasteiger partial charge in [-0.25, -0.2) is 8.78 Å². The van der Waals surface area contributed by atoms with Gasteiger partial charge in [0.15, 0.2) is 5.01 Å². The zero-order chi connectivity index (χ0) is 14.7. The van der Waals surface area contributed by atoms with Crippen LogP contribution in [0.4, 0.5) is 8.78 Å². The van der Waals surface area contributed by atoms with Crippen molar-refractivity contribution in [2.75, 3.05) is 6.54 Å². The van der Waals surface area contributed by atoms with Gasteiger partial charge in [0.05, 0.1) is 0 Å². The molecule has 0 aliphatic heterocycles. The number of halogens is 2. The molecule has 0 amide bonds. The summed E-state index contributed by atoms with van der Waals surface area (Å²) in [5.41, 5.74) is 0.712. The number of benzene rings is 1. The molecule has 108 valence electrons. The molecule has 1 heterocycles. The Morgan fingerprint density at radius 3 is 2.65 bits per heavy atom. The quantitative estimate of drug-likeness (QED) is 0.920. The van der Waals surface area contributed by atoms with Crippen molar-refractivity contribution in [3.05, 3.63) is 34.3 Å². The molecule has 0 aliphatic rings. The lowest BCUT2D eigenvalue weighted by Gasteiger charge is -2.05. The minimum Gasteiger partial charge on any atom is -0.314 e. The van der Waals surface area contributed by atoms with E-state index in [1.807, 2.05) is 0 Å². The van der Waals surface area contributed by atoms with Gasteiger partial charge in [-0.05, 0) is 18.6 Å². The van der Waals surface area contributed by atoms with Crippen LogP contribution in [0.15, 0.2) is 12.1 Å². The maximum Gasteiger partial charge on any atom is 0.150 e. The summed E-state index contributed by atoms with van der Waals surface area (Å²) in [4.78, 5) is 0. The molecule has 0 atom stereocenters. The van der Waals surface area contributed by atoms with E-state index in [4.69, 9.17) is 0 Å². The van der Waals surface area contributed by atoms with Gasteiger partial charge in [-0.1, -0.05) is 25.2 Å². The summed E-state index contributed by atoms with van der Waals surface area (Å²) in [6.07, 6.45) is 0.748. The van der Waals surface area contributed by atoms with Crippen LogP contribution in [-0.4, -0.2) is 22.8 Å². The monoisotopic (exact) mass is 297 g/mol. The Labute approximate surface area is 121 Å². The molecule has 0 spiro atoms. The third kappa shape index (κ3) is 3.58. The Morgan fingerprint density at radius 2 is 1.95 bits per heavy atom. The van der Waals surface area contributed by atoms with E-state index in [-0.39, 0.29) is 0 Å². The molecule has 2 aromatic rings. The van der Waals surface area contributed by atoms with E-state index >= 15 is 0 Å². The van der Waals surface area contributed by atoms with Gasteiger partial charge < -0.3 is 5.32 Å². The third-order valence-corrected chi connectivity index (χ3v) is 3.85. The second kappa shape index (κ2) is 6.37. The second-order valence-corrected chi connectivity index (χ2v) is 6.00. The second-order valence-electron chi connectivity index (χ2n) is 4.94. The zero-order valence-electron chi connectivity index (χ0n) is 11.7. The van der Waals surface area contributed by atoms with Crippen LogP contribution in [0.2, 0.25) is 0 Å².